The van der Waals surface area contributed by atoms with Crippen molar-refractivity contribution in [1.82, 2.24) is 0 Å². The highest BCUT2D eigenvalue weighted by Crippen LogP contribution is 2.48. The average Bonchev–Trinajstić information content (AvgIpc) is 2.68. The predicted octanol–water partition coefficient (Wildman–Crippen LogP) is 2.30. The third kappa shape index (κ3) is 1.99. The van der Waals surface area contributed by atoms with E-state index in [4.69, 9.17) is 4.74 Å². The van der Waals surface area contributed by atoms with Crippen LogP contribution in [-0.2, 0) is 9.53 Å². The number of hydrogen-bond donors (Lipinski definition) is 0. The molecule has 0 bridgehead atoms. The molecule has 2 nitrogen and oxygen atoms in total. The maximum atomic E-state index is 10.9. The summed E-state index contributed by atoms with van der Waals surface area (Å²) in [6, 6.07) is 0. The molecule has 1 spiro atoms. The van der Waals surface area contributed by atoms with Crippen LogP contribution in [0.5, 0.6) is 0 Å². The Morgan fingerprint density at radius 3 is 2.92 bits per heavy atom. The first-order valence-electron chi connectivity index (χ1n) is 4.52. The van der Waals surface area contributed by atoms with Crippen molar-refractivity contribution in [2.75, 3.05) is 6.61 Å². The molecule has 1 aliphatic heterocycles. The molecule has 0 N–H and O–H groups in total. The monoisotopic (exact) mass is 280 g/mol. The summed E-state index contributed by atoms with van der Waals surface area (Å²) in [5.74, 6) is 0.602. The summed E-state index contributed by atoms with van der Waals surface area (Å²) in [4.78, 5) is 10.9. The second kappa shape index (κ2) is 3.25. The van der Waals surface area contributed by atoms with Gasteiger partial charge in [-0.25, -0.2) is 0 Å². The van der Waals surface area contributed by atoms with Gasteiger partial charge in [0.25, 0.3) is 0 Å². The summed E-state index contributed by atoms with van der Waals surface area (Å²) in [5, 5.41) is 0. The minimum absolute atomic E-state index is 0.231. The summed E-state index contributed by atoms with van der Waals surface area (Å²) in [6.45, 7) is 0.870. The molecule has 0 amide bonds. The molecule has 68 valence electrons. The third-order valence-corrected chi connectivity index (χ3v) is 3.29. The van der Waals surface area contributed by atoms with Crippen LogP contribution in [0.2, 0.25) is 0 Å². The average molecular weight is 280 g/mol. The highest BCUT2D eigenvalue weighted by Gasteiger charge is 2.47. The van der Waals surface area contributed by atoms with Gasteiger partial charge in [-0.15, -0.1) is 0 Å². The Morgan fingerprint density at radius 2 is 2.33 bits per heavy atom. The highest BCUT2D eigenvalue weighted by molar-refractivity contribution is 14.1. The summed E-state index contributed by atoms with van der Waals surface area (Å²) < 4.78 is 5.98. The number of hydrogen-bond acceptors (Lipinski definition) is 2. The fourth-order valence-corrected chi connectivity index (χ4v) is 2.64. The van der Waals surface area contributed by atoms with Crippen LogP contribution in [0.25, 0.3) is 0 Å². The van der Waals surface area contributed by atoms with Gasteiger partial charge in [-0.3, -0.25) is 4.79 Å². The van der Waals surface area contributed by atoms with Crippen LogP contribution in [-0.4, -0.2) is 16.0 Å². The van der Waals surface area contributed by atoms with Crippen molar-refractivity contribution in [3.63, 3.8) is 0 Å². The second-order valence-electron chi connectivity index (χ2n) is 3.95. The van der Waals surface area contributed by atoms with Gasteiger partial charge in [-0.1, -0.05) is 0 Å². The number of halogens is 1. The normalized spacial score (nSPS) is 31.9. The fraction of sp³-hybridized carbons (Fsp3) is 0.889. The second-order valence-corrected chi connectivity index (χ2v) is 5.15. The lowest BCUT2D eigenvalue weighted by Gasteiger charge is -2.28. The Hall–Kier alpha value is 0.360. The zero-order valence-corrected chi connectivity index (χ0v) is 9.17. The molecule has 0 radical (unpaired) electrons. The topological polar surface area (TPSA) is 26.3 Å². The molecule has 2 fully saturated rings. The minimum Gasteiger partial charge on any atom is -0.375 e. The van der Waals surface area contributed by atoms with Crippen molar-refractivity contribution in [3.05, 3.63) is 0 Å². The van der Waals surface area contributed by atoms with E-state index in [0.717, 1.165) is 25.9 Å². The molecule has 2 rings (SSSR count). The molecule has 12 heavy (non-hydrogen) atoms. The standard InChI is InChI=1S/C9H13IO2/c10-8(11)5-7-1-4-12-9(6-7)2-3-9/h7H,1-6H2. The molecule has 1 heterocycles. The van der Waals surface area contributed by atoms with E-state index in [1.54, 1.807) is 0 Å². The van der Waals surface area contributed by atoms with Gasteiger partial charge in [-0.2, -0.15) is 0 Å². The van der Waals surface area contributed by atoms with E-state index < -0.39 is 0 Å². The summed E-state index contributed by atoms with van der Waals surface area (Å²) in [7, 11) is 0. The van der Waals surface area contributed by atoms with Crippen molar-refractivity contribution in [2.45, 2.75) is 37.7 Å². The van der Waals surface area contributed by atoms with E-state index in [1.807, 2.05) is 22.6 Å². The molecule has 1 saturated heterocycles. The lowest BCUT2D eigenvalue weighted by Crippen LogP contribution is -2.27. The van der Waals surface area contributed by atoms with E-state index in [0.29, 0.717) is 9.71 Å². The van der Waals surface area contributed by atoms with Crippen LogP contribution >= 0.6 is 22.6 Å². The smallest absolute Gasteiger partial charge is 0.192 e. The van der Waals surface area contributed by atoms with Gasteiger partial charge in [0.05, 0.1) is 5.60 Å². The van der Waals surface area contributed by atoms with Gasteiger partial charge in [0.15, 0.2) is 3.79 Å². The molecular weight excluding hydrogens is 267 g/mol. The van der Waals surface area contributed by atoms with Crippen LogP contribution in [0.4, 0.5) is 0 Å². The molecule has 1 saturated carbocycles. The molecule has 1 unspecified atom stereocenters. The number of carbonyl (C=O) groups excluding carboxylic acids is 1. The van der Waals surface area contributed by atoms with Crippen LogP contribution < -0.4 is 0 Å². The van der Waals surface area contributed by atoms with Crippen LogP contribution in [0.15, 0.2) is 0 Å². The van der Waals surface area contributed by atoms with Crippen molar-refractivity contribution in [3.8, 4) is 0 Å². The van der Waals surface area contributed by atoms with Gasteiger partial charge < -0.3 is 4.74 Å². The van der Waals surface area contributed by atoms with E-state index >= 15 is 0 Å². The molecule has 0 aromatic heterocycles. The zero-order chi connectivity index (χ0) is 8.60. The quantitative estimate of drug-likeness (QED) is 0.573. The van der Waals surface area contributed by atoms with Crippen LogP contribution in [0.1, 0.15) is 32.1 Å². The lowest BCUT2D eigenvalue weighted by molar-refractivity contribution is -0.111. The van der Waals surface area contributed by atoms with E-state index in [1.165, 1.54) is 12.8 Å². The van der Waals surface area contributed by atoms with Crippen LogP contribution in [0, 0.1) is 5.92 Å². The Morgan fingerprint density at radius 1 is 1.58 bits per heavy atom. The molecule has 1 atom stereocenters. The SMILES string of the molecule is O=C(I)CC1CCOC2(CC2)C1. The predicted molar refractivity (Wildman–Crippen MR) is 54.3 cm³/mol. The first kappa shape index (κ1) is 8.94. The summed E-state index contributed by atoms with van der Waals surface area (Å²) in [6.07, 6.45) is 5.40. The first-order valence-corrected chi connectivity index (χ1v) is 5.60. The molecular formula is C9H13IO2. The van der Waals surface area contributed by atoms with Crippen molar-refractivity contribution in [1.29, 1.82) is 0 Å². The lowest BCUT2D eigenvalue weighted by atomic mass is 9.92. The number of rotatable bonds is 2. The Labute approximate surface area is 86.2 Å². The molecule has 2 aliphatic rings. The Kier molecular flexibility index (Phi) is 2.42. The van der Waals surface area contributed by atoms with Gasteiger partial charge in [0.1, 0.15) is 0 Å². The minimum atomic E-state index is 0.231. The Bertz CT molecular complexity index is 199. The van der Waals surface area contributed by atoms with E-state index in [2.05, 4.69) is 0 Å². The maximum Gasteiger partial charge on any atom is 0.192 e. The highest BCUT2D eigenvalue weighted by atomic mass is 127. The number of ether oxygens (including phenoxy) is 1. The van der Waals surface area contributed by atoms with E-state index in [-0.39, 0.29) is 5.60 Å². The van der Waals surface area contributed by atoms with Crippen molar-refractivity contribution in [2.24, 2.45) is 5.92 Å². The van der Waals surface area contributed by atoms with Gasteiger partial charge in [0.2, 0.25) is 0 Å². The van der Waals surface area contributed by atoms with Gasteiger partial charge in [0, 0.05) is 13.0 Å². The largest absolute Gasteiger partial charge is 0.375 e. The molecule has 1 aliphatic carbocycles. The summed E-state index contributed by atoms with van der Waals surface area (Å²) >= 11 is 1.90. The van der Waals surface area contributed by atoms with Gasteiger partial charge >= 0.3 is 0 Å². The zero-order valence-electron chi connectivity index (χ0n) is 7.01. The molecule has 3 heteroatoms. The van der Waals surface area contributed by atoms with Crippen molar-refractivity contribution < 1.29 is 9.53 Å². The first-order chi connectivity index (χ1) is 5.70. The Balaban J connectivity index is 1.86. The number of carbonyl (C=O) groups is 1. The fourth-order valence-electron chi connectivity index (χ4n) is 2.02. The van der Waals surface area contributed by atoms with Crippen molar-refractivity contribution >= 4 is 26.4 Å². The third-order valence-electron chi connectivity index (χ3n) is 2.85. The maximum absolute atomic E-state index is 10.9. The van der Waals surface area contributed by atoms with Crippen LogP contribution in [0.3, 0.4) is 0 Å². The summed E-state index contributed by atoms with van der Waals surface area (Å²) in [5.41, 5.74) is 0.231. The van der Waals surface area contributed by atoms with Gasteiger partial charge in [-0.05, 0) is 54.2 Å². The molecule has 0 aromatic carbocycles. The van der Waals surface area contributed by atoms with E-state index in [9.17, 15) is 4.79 Å². The molecule has 0 aromatic rings.